The highest BCUT2D eigenvalue weighted by Crippen LogP contribution is 2.40. The number of nitrogens with zero attached hydrogens (tertiary/aromatic N) is 3. The van der Waals surface area contributed by atoms with Gasteiger partial charge in [0.25, 0.3) is 0 Å². The molecule has 0 atom stereocenters. The lowest BCUT2D eigenvalue weighted by Crippen LogP contribution is -2.01. The van der Waals surface area contributed by atoms with Gasteiger partial charge in [-0.25, -0.2) is 15.0 Å². The average Bonchev–Trinajstić information content (AvgIpc) is 3.66. The van der Waals surface area contributed by atoms with Crippen LogP contribution >= 0.6 is 11.3 Å². The summed E-state index contributed by atoms with van der Waals surface area (Å²) in [4.78, 5) is 15.5. The zero-order valence-electron chi connectivity index (χ0n) is 29.8. The van der Waals surface area contributed by atoms with Crippen LogP contribution in [0.2, 0.25) is 0 Å². The number of fused-ring (bicyclic) bond motifs is 3. The predicted molar refractivity (Wildman–Crippen MR) is 231 cm³/mol. The molecule has 0 fully saturated rings. The molecular formula is C51H33N3S. The van der Waals surface area contributed by atoms with Gasteiger partial charge in [0, 0.05) is 36.9 Å². The summed E-state index contributed by atoms with van der Waals surface area (Å²) in [6.45, 7) is 0. The van der Waals surface area contributed by atoms with E-state index in [1.807, 2.05) is 29.5 Å². The SMILES string of the molecule is c1ccc(-c2ccc(-c3cccc(-c4nc(-c5ccc(-c6cccc7sc8ccccc8c67)cc5)nc(-c5ccccc5-c5ccccc5)n4)c3)cc2)cc1. The molecule has 4 heteroatoms. The first-order valence-corrected chi connectivity index (χ1v) is 19.3. The number of aromatic nitrogens is 3. The second-order valence-corrected chi connectivity index (χ2v) is 14.7. The third-order valence-corrected chi connectivity index (χ3v) is 11.3. The van der Waals surface area contributed by atoms with Crippen molar-refractivity contribution in [2.24, 2.45) is 0 Å². The zero-order valence-corrected chi connectivity index (χ0v) is 30.6. The van der Waals surface area contributed by atoms with Gasteiger partial charge in [0.2, 0.25) is 0 Å². The Morgan fingerprint density at radius 1 is 0.273 bits per heavy atom. The zero-order chi connectivity index (χ0) is 36.6. The molecule has 0 saturated carbocycles. The van der Waals surface area contributed by atoms with Crippen molar-refractivity contribution < 1.29 is 0 Å². The van der Waals surface area contributed by atoms with Crippen LogP contribution in [0, 0.1) is 0 Å². The Balaban J connectivity index is 1.08. The first-order valence-electron chi connectivity index (χ1n) is 18.4. The van der Waals surface area contributed by atoms with Gasteiger partial charge >= 0.3 is 0 Å². The molecule has 8 aromatic carbocycles. The topological polar surface area (TPSA) is 38.7 Å². The fourth-order valence-corrected chi connectivity index (χ4v) is 8.57. The summed E-state index contributed by atoms with van der Waals surface area (Å²) >= 11 is 1.84. The van der Waals surface area contributed by atoms with Crippen LogP contribution in [0.25, 0.3) is 98.8 Å². The van der Waals surface area contributed by atoms with Gasteiger partial charge in [-0.2, -0.15) is 0 Å². The van der Waals surface area contributed by atoms with Crippen LogP contribution in [0.5, 0.6) is 0 Å². The van der Waals surface area contributed by atoms with E-state index in [-0.39, 0.29) is 0 Å². The predicted octanol–water partition coefficient (Wildman–Crippen LogP) is 13.9. The minimum absolute atomic E-state index is 0.629. The minimum Gasteiger partial charge on any atom is -0.208 e. The Bertz CT molecular complexity index is 2950. The Morgan fingerprint density at radius 3 is 1.49 bits per heavy atom. The molecule has 0 bridgehead atoms. The highest BCUT2D eigenvalue weighted by atomic mass is 32.1. The van der Waals surface area contributed by atoms with Crippen molar-refractivity contribution in [2.45, 2.75) is 0 Å². The van der Waals surface area contributed by atoms with Gasteiger partial charge in [0.05, 0.1) is 0 Å². The van der Waals surface area contributed by atoms with E-state index in [0.29, 0.717) is 17.5 Å². The average molecular weight is 720 g/mol. The van der Waals surface area contributed by atoms with Gasteiger partial charge in [-0.1, -0.05) is 182 Å². The van der Waals surface area contributed by atoms with Crippen LogP contribution in [0.3, 0.4) is 0 Å². The molecule has 0 aliphatic heterocycles. The fourth-order valence-electron chi connectivity index (χ4n) is 7.44. The second-order valence-electron chi connectivity index (χ2n) is 13.6. The van der Waals surface area contributed by atoms with Crippen molar-refractivity contribution in [3.05, 3.63) is 200 Å². The Hall–Kier alpha value is -7.01. The van der Waals surface area contributed by atoms with Crippen molar-refractivity contribution in [2.75, 3.05) is 0 Å². The number of hydrogen-bond donors (Lipinski definition) is 0. The van der Waals surface area contributed by atoms with Crippen molar-refractivity contribution in [3.8, 4) is 78.7 Å². The third kappa shape index (κ3) is 6.29. The standard InChI is InChI=1S/C51H33N3S/c1-3-13-34(14-4-1)35-25-27-36(28-26-35)40-17-11-18-41(33-40)50-52-49(53-51(54-50)44-20-8-7-19-42(44)37-15-5-2-6-16-37)39-31-29-38(30-32-39)43-22-12-24-47-48(43)45-21-9-10-23-46(45)55-47/h1-33H. The van der Waals surface area contributed by atoms with Crippen molar-refractivity contribution in [3.63, 3.8) is 0 Å². The Labute approximate surface area is 323 Å². The lowest BCUT2D eigenvalue weighted by molar-refractivity contribution is 1.07. The first-order chi connectivity index (χ1) is 27.2. The van der Waals surface area contributed by atoms with Gasteiger partial charge in [-0.15, -0.1) is 11.3 Å². The second kappa shape index (κ2) is 14.1. The molecule has 0 aliphatic rings. The van der Waals surface area contributed by atoms with Gasteiger partial charge in [0.1, 0.15) is 0 Å². The largest absolute Gasteiger partial charge is 0.208 e. The number of benzene rings is 8. The summed E-state index contributed by atoms with van der Waals surface area (Å²) in [5, 5.41) is 2.59. The van der Waals surface area contributed by atoms with E-state index in [1.165, 1.54) is 36.9 Å². The molecular weight excluding hydrogens is 687 g/mol. The van der Waals surface area contributed by atoms with Crippen molar-refractivity contribution in [1.29, 1.82) is 0 Å². The first kappa shape index (κ1) is 32.6. The molecule has 258 valence electrons. The molecule has 0 N–H and O–H groups in total. The molecule has 2 heterocycles. The number of hydrogen-bond acceptors (Lipinski definition) is 4. The lowest BCUT2D eigenvalue weighted by atomic mass is 9.98. The summed E-state index contributed by atoms with van der Waals surface area (Å²) in [7, 11) is 0. The summed E-state index contributed by atoms with van der Waals surface area (Å²) in [5.74, 6) is 1.89. The maximum Gasteiger partial charge on any atom is 0.164 e. The highest BCUT2D eigenvalue weighted by Gasteiger charge is 2.17. The van der Waals surface area contributed by atoms with Crippen molar-refractivity contribution >= 4 is 31.5 Å². The third-order valence-electron chi connectivity index (χ3n) is 10.2. The summed E-state index contributed by atoms with van der Waals surface area (Å²) in [5.41, 5.74) is 12.0. The van der Waals surface area contributed by atoms with Crippen LogP contribution in [0.15, 0.2) is 200 Å². The van der Waals surface area contributed by atoms with E-state index in [0.717, 1.165) is 44.5 Å². The van der Waals surface area contributed by atoms with Crippen molar-refractivity contribution in [1.82, 2.24) is 15.0 Å². The van der Waals surface area contributed by atoms with Crippen LogP contribution in [0.4, 0.5) is 0 Å². The highest BCUT2D eigenvalue weighted by molar-refractivity contribution is 7.25. The van der Waals surface area contributed by atoms with E-state index in [2.05, 4.69) is 182 Å². The smallest absolute Gasteiger partial charge is 0.164 e. The molecule has 3 nitrogen and oxygen atoms in total. The van der Waals surface area contributed by atoms with E-state index in [9.17, 15) is 0 Å². The van der Waals surface area contributed by atoms with Gasteiger partial charge in [-0.05, 0) is 62.7 Å². The van der Waals surface area contributed by atoms with Crippen LogP contribution < -0.4 is 0 Å². The Morgan fingerprint density at radius 2 is 0.727 bits per heavy atom. The lowest BCUT2D eigenvalue weighted by Gasteiger charge is -2.13. The molecule has 0 spiro atoms. The maximum absolute atomic E-state index is 5.18. The fraction of sp³-hybridized carbons (Fsp3) is 0. The molecule has 55 heavy (non-hydrogen) atoms. The van der Waals surface area contributed by atoms with Gasteiger partial charge in [-0.3, -0.25) is 0 Å². The van der Waals surface area contributed by atoms with Crippen LogP contribution in [0.1, 0.15) is 0 Å². The Kier molecular flexibility index (Phi) is 8.36. The summed E-state index contributed by atoms with van der Waals surface area (Å²) < 4.78 is 2.59. The molecule has 10 rings (SSSR count). The molecule has 0 amide bonds. The number of thiophene rings is 1. The number of rotatable bonds is 7. The monoisotopic (exact) mass is 719 g/mol. The normalized spacial score (nSPS) is 11.3. The molecule has 10 aromatic rings. The quantitative estimate of drug-likeness (QED) is 0.165. The van der Waals surface area contributed by atoms with Gasteiger partial charge in [0.15, 0.2) is 17.5 Å². The summed E-state index contributed by atoms with van der Waals surface area (Å²) in [6, 6.07) is 70.4. The summed E-state index contributed by atoms with van der Waals surface area (Å²) in [6.07, 6.45) is 0. The van der Waals surface area contributed by atoms with E-state index >= 15 is 0 Å². The molecule has 0 unspecified atom stereocenters. The van der Waals surface area contributed by atoms with Crippen LogP contribution in [-0.2, 0) is 0 Å². The minimum atomic E-state index is 0.629. The molecule has 2 aromatic heterocycles. The van der Waals surface area contributed by atoms with Gasteiger partial charge < -0.3 is 0 Å². The van der Waals surface area contributed by atoms with E-state index < -0.39 is 0 Å². The van der Waals surface area contributed by atoms with E-state index in [4.69, 9.17) is 15.0 Å². The van der Waals surface area contributed by atoms with Crippen LogP contribution in [-0.4, -0.2) is 15.0 Å². The molecule has 0 aliphatic carbocycles. The maximum atomic E-state index is 5.18. The van der Waals surface area contributed by atoms with E-state index in [1.54, 1.807) is 0 Å². The molecule has 0 radical (unpaired) electrons. The molecule has 0 saturated heterocycles.